The molecular formula is C18H13IN4O2. The highest BCUT2D eigenvalue weighted by Crippen LogP contribution is 2.28. The number of methoxy groups -OCH3 is 1. The molecule has 4 aromatic rings. The lowest BCUT2D eigenvalue weighted by molar-refractivity contribution is 0.398. The Bertz CT molecular complexity index is 1030. The maximum Gasteiger partial charge on any atom is 0.247 e. The van der Waals surface area contributed by atoms with Gasteiger partial charge in [0, 0.05) is 6.07 Å². The topological polar surface area (TPSA) is 61.5 Å². The van der Waals surface area contributed by atoms with E-state index in [0.29, 0.717) is 29.0 Å². The lowest BCUT2D eigenvalue weighted by Crippen LogP contribution is -2.03. The number of hydrogen-bond donors (Lipinski definition) is 0. The lowest BCUT2D eigenvalue weighted by atomic mass is 10.3. The minimum Gasteiger partial charge on any atom is -0.481 e. The van der Waals surface area contributed by atoms with Gasteiger partial charge in [0.05, 0.1) is 7.11 Å². The first-order valence-electron chi connectivity index (χ1n) is 7.54. The Morgan fingerprint density at radius 1 is 0.920 bits per heavy atom. The van der Waals surface area contributed by atoms with Gasteiger partial charge in [-0.15, -0.1) is 5.10 Å². The van der Waals surface area contributed by atoms with E-state index >= 15 is 0 Å². The SMILES string of the molecule is COc1cccc(-c2nc(Oc3ccccc3)c3ccc(I)n3n2)n1. The van der Waals surface area contributed by atoms with Crippen molar-refractivity contribution in [3.05, 3.63) is 64.4 Å². The van der Waals surface area contributed by atoms with Crippen LogP contribution in [0.2, 0.25) is 0 Å². The molecule has 0 fully saturated rings. The van der Waals surface area contributed by atoms with Gasteiger partial charge in [0.2, 0.25) is 17.6 Å². The lowest BCUT2D eigenvalue weighted by Gasteiger charge is -2.09. The van der Waals surface area contributed by atoms with Crippen molar-refractivity contribution >= 4 is 28.1 Å². The summed E-state index contributed by atoms with van der Waals surface area (Å²) < 4.78 is 13.9. The molecule has 0 N–H and O–H groups in total. The fourth-order valence-corrected chi connectivity index (χ4v) is 2.92. The number of benzene rings is 1. The first-order chi connectivity index (χ1) is 12.2. The fraction of sp³-hybridized carbons (Fsp3) is 0.0556. The van der Waals surface area contributed by atoms with Crippen molar-refractivity contribution in [1.82, 2.24) is 19.6 Å². The third kappa shape index (κ3) is 3.14. The summed E-state index contributed by atoms with van der Waals surface area (Å²) in [6.45, 7) is 0. The van der Waals surface area contributed by atoms with Gasteiger partial charge in [-0.3, -0.25) is 0 Å². The number of hydrogen-bond acceptors (Lipinski definition) is 5. The van der Waals surface area contributed by atoms with Crippen LogP contribution >= 0.6 is 22.6 Å². The molecule has 0 aliphatic rings. The third-order valence-corrected chi connectivity index (χ3v) is 4.37. The number of aromatic nitrogens is 4. The van der Waals surface area contributed by atoms with E-state index in [0.717, 1.165) is 9.22 Å². The van der Waals surface area contributed by atoms with Gasteiger partial charge < -0.3 is 9.47 Å². The maximum atomic E-state index is 5.99. The maximum absolute atomic E-state index is 5.99. The van der Waals surface area contributed by atoms with E-state index in [9.17, 15) is 0 Å². The zero-order valence-corrected chi connectivity index (χ0v) is 15.4. The van der Waals surface area contributed by atoms with E-state index in [4.69, 9.17) is 9.47 Å². The molecule has 0 aliphatic heterocycles. The number of fused-ring (bicyclic) bond motifs is 1. The molecule has 0 saturated heterocycles. The first-order valence-corrected chi connectivity index (χ1v) is 8.62. The second-order valence-electron chi connectivity index (χ2n) is 5.17. The van der Waals surface area contributed by atoms with Crippen molar-refractivity contribution in [1.29, 1.82) is 0 Å². The average molecular weight is 444 g/mol. The van der Waals surface area contributed by atoms with Crippen LogP contribution in [0.25, 0.3) is 17.0 Å². The van der Waals surface area contributed by atoms with Crippen LogP contribution in [0.3, 0.4) is 0 Å². The molecule has 0 atom stereocenters. The Morgan fingerprint density at radius 3 is 2.56 bits per heavy atom. The summed E-state index contributed by atoms with van der Waals surface area (Å²) in [6.07, 6.45) is 0. The van der Waals surface area contributed by atoms with Gasteiger partial charge in [-0.25, -0.2) is 9.50 Å². The van der Waals surface area contributed by atoms with Gasteiger partial charge in [-0.2, -0.15) is 4.98 Å². The summed E-state index contributed by atoms with van der Waals surface area (Å²) in [6, 6.07) is 18.9. The van der Waals surface area contributed by atoms with Gasteiger partial charge in [0.1, 0.15) is 20.7 Å². The van der Waals surface area contributed by atoms with Crippen LogP contribution in [-0.4, -0.2) is 26.7 Å². The standard InChI is InChI=1S/C18H13IN4O2/c1-24-16-9-5-8-13(20-16)17-21-18(25-12-6-3-2-4-7-12)14-10-11-15(19)23(14)22-17/h2-11H,1H3. The number of nitrogens with zero attached hydrogens (tertiary/aromatic N) is 4. The van der Waals surface area contributed by atoms with E-state index in [1.807, 2.05) is 54.6 Å². The second kappa shape index (κ2) is 6.67. The van der Waals surface area contributed by atoms with E-state index in [1.165, 1.54) is 0 Å². The van der Waals surface area contributed by atoms with E-state index in [-0.39, 0.29) is 0 Å². The van der Waals surface area contributed by atoms with Crippen molar-refractivity contribution in [2.24, 2.45) is 0 Å². The molecule has 0 aliphatic carbocycles. The molecule has 3 aromatic heterocycles. The Balaban J connectivity index is 1.86. The van der Waals surface area contributed by atoms with Gasteiger partial charge in [0.25, 0.3) is 0 Å². The molecule has 0 unspecified atom stereocenters. The Morgan fingerprint density at radius 2 is 1.76 bits per heavy atom. The monoisotopic (exact) mass is 444 g/mol. The molecular weight excluding hydrogens is 431 g/mol. The molecule has 4 rings (SSSR count). The predicted molar refractivity (Wildman–Crippen MR) is 102 cm³/mol. The van der Waals surface area contributed by atoms with Gasteiger partial charge >= 0.3 is 0 Å². The highest BCUT2D eigenvalue weighted by molar-refractivity contribution is 14.1. The average Bonchev–Trinajstić information content (AvgIpc) is 3.04. The third-order valence-electron chi connectivity index (χ3n) is 3.55. The van der Waals surface area contributed by atoms with Crippen molar-refractivity contribution in [3.63, 3.8) is 0 Å². The van der Waals surface area contributed by atoms with Gasteiger partial charge in [-0.05, 0) is 52.9 Å². The van der Waals surface area contributed by atoms with Crippen molar-refractivity contribution in [2.75, 3.05) is 7.11 Å². The summed E-state index contributed by atoms with van der Waals surface area (Å²) in [7, 11) is 1.58. The molecule has 0 radical (unpaired) electrons. The smallest absolute Gasteiger partial charge is 0.247 e. The van der Waals surface area contributed by atoms with E-state index in [1.54, 1.807) is 17.7 Å². The van der Waals surface area contributed by atoms with Crippen LogP contribution in [-0.2, 0) is 0 Å². The number of rotatable bonds is 4. The fourth-order valence-electron chi connectivity index (χ4n) is 2.37. The molecule has 0 bridgehead atoms. The minimum atomic E-state index is 0.464. The molecule has 0 spiro atoms. The largest absolute Gasteiger partial charge is 0.481 e. The molecule has 1 aromatic carbocycles. The van der Waals surface area contributed by atoms with Gasteiger partial charge in [0.15, 0.2) is 0 Å². The van der Waals surface area contributed by atoms with Crippen LogP contribution in [0.5, 0.6) is 17.5 Å². The van der Waals surface area contributed by atoms with Gasteiger partial charge in [-0.1, -0.05) is 24.3 Å². The highest BCUT2D eigenvalue weighted by Gasteiger charge is 2.15. The van der Waals surface area contributed by atoms with Crippen LogP contribution < -0.4 is 9.47 Å². The number of para-hydroxylation sites is 1. The summed E-state index contributed by atoms with van der Waals surface area (Å²) in [5.41, 5.74) is 1.41. The van der Waals surface area contributed by atoms with Crippen LogP contribution in [0.4, 0.5) is 0 Å². The van der Waals surface area contributed by atoms with Crippen molar-refractivity contribution < 1.29 is 9.47 Å². The molecule has 7 heteroatoms. The summed E-state index contributed by atoms with van der Waals surface area (Å²) in [5.74, 6) is 2.16. The molecule has 6 nitrogen and oxygen atoms in total. The molecule has 0 amide bonds. The van der Waals surface area contributed by atoms with Crippen LogP contribution in [0.1, 0.15) is 0 Å². The first kappa shape index (κ1) is 15.8. The number of ether oxygens (including phenoxy) is 2. The predicted octanol–water partition coefficient (Wildman–Crippen LogP) is 4.20. The van der Waals surface area contributed by atoms with Crippen LogP contribution in [0, 0.1) is 3.70 Å². The van der Waals surface area contributed by atoms with Crippen LogP contribution in [0.15, 0.2) is 60.7 Å². The molecule has 0 saturated carbocycles. The zero-order valence-electron chi connectivity index (χ0n) is 13.3. The molecule has 25 heavy (non-hydrogen) atoms. The highest BCUT2D eigenvalue weighted by atomic mass is 127. The minimum absolute atomic E-state index is 0.464. The summed E-state index contributed by atoms with van der Waals surface area (Å²) in [5, 5.41) is 4.58. The Hall–Kier alpha value is -2.68. The van der Waals surface area contributed by atoms with E-state index in [2.05, 4.69) is 37.7 Å². The quantitative estimate of drug-likeness (QED) is 0.442. The summed E-state index contributed by atoms with van der Waals surface area (Å²) in [4.78, 5) is 8.99. The van der Waals surface area contributed by atoms with Crippen molar-refractivity contribution in [2.45, 2.75) is 0 Å². The van der Waals surface area contributed by atoms with Crippen molar-refractivity contribution in [3.8, 4) is 29.0 Å². The summed E-state index contributed by atoms with van der Waals surface area (Å²) >= 11 is 2.22. The second-order valence-corrected chi connectivity index (χ2v) is 6.28. The number of pyridine rings is 1. The normalized spacial score (nSPS) is 10.8. The molecule has 3 heterocycles. The van der Waals surface area contributed by atoms with E-state index < -0.39 is 0 Å². The molecule has 124 valence electrons. The Kier molecular flexibility index (Phi) is 4.22. The number of halogens is 1. The Labute approximate surface area is 157 Å². The zero-order chi connectivity index (χ0) is 17.2.